The average Bonchev–Trinajstić information content (AvgIpc) is 2.87. The third-order valence-electron chi connectivity index (χ3n) is 4.64. The van der Waals surface area contributed by atoms with Crippen LogP contribution in [-0.4, -0.2) is 22.8 Å². The SMILES string of the molecule is CN=C(NCc1c(C)nn(C)c1C)NCc1cccc2ccccc12.I. The van der Waals surface area contributed by atoms with E-state index in [1.54, 1.807) is 7.05 Å². The minimum absolute atomic E-state index is 0. The van der Waals surface area contributed by atoms with Crippen LogP contribution in [0.4, 0.5) is 0 Å². The predicted octanol–water partition coefficient (Wildman–Crippen LogP) is 3.67. The highest BCUT2D eigenvalue weighted by atomic mass is 127. The number of rotatable bonds is 4. The Bertz CT molecular complexity index is 908. The van der Waals surface area contributed by atoms with Crippen molar-refractivity contribution in [1.29, 1.82) is 0 Å². The minimum atomic E-state index is 0. The summed E-state index contributed by atoms with van der Waals surface area (Å²) in [4.78, 5) is 4.33. The minimum Gasteiger partial charge on any atom is -0.352 e. The second kappa shape index (κ2) is 9.02. The summed E-state index contributed by atoms with van der Waals surface area (Å²) >= 11 is 0. The van der Waals surface area contributed by atoms with Crippen molar-refractivity contribution in [2.24, 2.45) is 12.0 Å². The summed E-state index contributed by atoms with van der Waals surface area (Å²) in [6.45, 7) is 5.56. The summed E-state index contributed by atoms with van der Waals surface area (Å²) in [7, 11) is 3.76. The molecule has 5 nitrogen and oxygen atoms in total. The normalized spacial score (nSPS) is 11.3. The molecule has 0 fully saturated rings. The topological polar surface area (TPSA) is 54.2 Å². The lowest BCUT2D eigenvalue weighted by Gasteiger charge is -2.13. The van der Waals surface area contributed by atoms with Crippen LogP contribution in [0, 0.1) is 13.8 Å². The van der Waals surface area contributed by atoms with E-state index >= 15 is 0 Å². The molecule has 1 heterocycles. The first-order chi connectivity index (χ1) is 12.1. The summed E-state index contributed by atoms with van der Waals surface area (Å²) in [5.74, 6) is 0.788. The van der Waals surface area contributed by atoms with Crippen LogP contribution in [0.25, 0.3) is 10.8 Å². The maximum atomic E-state index is 4.46. The number of hydrogen-bond donors (Lipinski definition) is 2. The quantitative estimate of drug-likeness (QED) is 0.353. The van der Waals surface area contributed by atoms with Gasteiger partial charge in [0.25, 0.3) is 0 Å². The van der Waals surface area contributed by atoms with Gasteiger partial charge in [-0.25, -0.2) is 0 Å². The number of aliphatic imine (C=N–C) groups is 1. The molecule has 0 amide bonds. The lowest BCUT2D eigenvalue weighted by molar-refractivity contribution is 0.728. The number of nitrogens with one attached hydrogen (secondary N) is 2. The van der Waals surface area contributed by atoms with Gasteiger partial charge in [-0.15, -0.1) is 24.0 Å². The molecule has 2 N–H and O–H groups in total. The van der Waals surface area contributed by atoms with Crippen LogP contribution >= 0.6 is 24.0 Å². The van der Waals surface area contributed by atoms with Gasteiger partial charge in [0.15, 0.2) is 5.96 Å². The summed E-state index contributed by atoms with van der Waals surface area (Å²) in [5, 5.41) is 13.8. The lowest BCUT2D eigenvalue weighted by Crippen LogP contribution is -2.36. The van der Waals surface area contributed by atoms with Crippen molar-refractivity contribution < 1.29 is 0 Å². The Morgan fingerprint density at radius 3 is 2.42 bits per heavy atom. The largest absolute Gasteiger partial charge is 0.352 e. The first kappa shape index (κ1) is 20.2. The predicted molar refractivity (Wildman–Crippen MR) is 119 cm³/mol. The van der Waals surface area contributed by atoms with Gasteiger partial charge in [0.05, 0.1) is 5.69 Å². The fourth-order valence-corrected chi connectivity index (χ4v) is 3.09. The first-order valence-electron chi connectivity index (χ1n) is 8.50. The second-order valence-electron chi connectivity index (χ2n) is 6.19. The highest BCUT2D eigenvalue weighted by Crippen LogP contribution is 2.18. The Balaban J connectivity index is 0.00000243. The van der Waals surface area contributed by atoms with E-state index in [-0.39, 0.29) is 24.0 Å². The van der Waals surface area contributed by atoms with E-state index in [1.165, 1.54) is 27.6 Å². The number of benzene rings is 2. The second-order valence-corrected chi connectivity index (χ2v) is 6.19. The molecular formula is C20H26IN5. The van der Waals surface area contributed by atoms with Gasteiger partial charge in [-0.05, 0) is 30.2 Å². The summed E-state index contributed by atoms with van der Waals surface area (Å²) < 4.78 is 1.92. The molecule has 0 unspecified atom stereocenters. The Hall–Kier alpha value is -2.09. The van der Waals surface area contributed by atoms with Crippen LogP contribution in [0.5, 0.6) is 0 Å². The van der Waals surface area contributed by atoms with Crippen molar-refractivity contribution in [2.45, 2.75) is 26.9 Å². The van der Waals surface area contributed by atoms with Gasteiger partial charge in [-0.3, -0.25) is 9.67 Å². The molecule has 0 aliphatic heterocycles. The van der Waals surface area contributed by atoms with Gasteiger partial charge in [-0.1, -0.05) is 42.5 Å². The van der Waals surface area contributed by atoms with Gasteiger partial charge in [0.2, 0.25) is 0 Å². The molecule has 0 aliphatic rings. The molecule has 0 saturated heterocycles. The van der Waals surface area contributed by atoms with Crippen molar-refractivity contribution >= 4 is 40.7 Å². The number of halogens is 1. The monoisotopic (exact) mass is 463 g/mol. The highest BCUT2D eigenvalue weighted by Gasteiger charge is 2.10. The molecular weight excluding hydrogens is 437 g/mol. The molecule has 26 heavy (non-hydrogen) atoms. The van der Waals surface area contributed by atoms with Gasteiger partial charge < -0.3 is 10.6 Å². The van der Waals surface area contributed by atoms with Crippen LogP contribution in [-0.2, 0) is 20.1 Å². The van der Waals surface area contributed by atoms with Crippen LogP contribution in [0.15, 0.2) is 47.5 Å². The van der Waals surface area contributed by atoms with Gasteiger partial charge in [0, 0.05) is 38.4 Å². The van der Waals surface area contributed by atoms with Crippen molar-refractivity contribution in [3.8, 4) is 0 Å². The van der Waals surface area contributed by atoms with Crippen LogP contribution in [0.3, 0.4) is 0 Å². The molecule has 3 rings (SSSR count). The number of aryl methyl sites for hydroxylation is 2. The molecule has 0 aliphatic carbocycles. The van der Waals surface area contributed by atoms with Crippen molar-refractivity contribution in [1.82, 2.24) is 20.4 Å². The van der Waals surface area contributed by atoms with Gasteiger partial charge in [-0.2, -0.15) is 5.10 Å². The Morgan fingerprint density at radius 2 is 1.73 bits per heavy atom. The zero-order valence-electron chi connectivity index (χ0n) is 15.7. The number of aromatic nitrogens is 2. The smallest absolute Gasteiger partial charge is 0.191 e. The van der Waals surface area contributed by atoms with E-state index in [0.717, 1.165) is 18.2 Å². The zero-order chi connectivity index (χ0) is 17.8. The van der Waals surface area contributed by atoms with E-state index in [1.807, 2.05) is 18.7 Å². The van der Waals surface area contributed by atoms with E-state index < -0.39 is 0 Å². The standard InChI is InChI=1S/C20H25N5.HI/c1-14-19(15(2)25(4)24-14)13-23-20(21-3)22-12-17-10-7-9-16-8-5-6-11-18(16)17;/h5-11H,12-13H2,1-4H3,(H2,21,22,23);1H. The summed E-state index contributed by atoms with van der Waals surface area (Å²) in [5.41, 5.74) is 4.71. The van der Waals surface area contributed by atoms with Crippen LogP contribution < -0.4 is 10.6 Å². The van der Waals surface area contributed by atoms with Gasteiger partial charge in [0.1, 0.15) is 0 Å². The van der Waals surface area contributed by atoms with E-state index in [4.69, 9.17) is 0 Å². The van der Waals surface area contributed by atoms with Gasteiger partial charge >= 0.3 is 0 Å². The lowest BCUT2D eigenvalue weighted by atomic mass is 10.0. The number of nitrogens with zero attached hydrogens (tertiary/aromatic N) is 3. The van der Waals surface area contributed by atoms with Crippen molar-refractivity contribution in [3.63, 3.8) is 0 Å². The maximum Gasteiger partial charge on any atom is 0.191 e. The molecule has 138 valence electrons. The molecule has 0 spiro atoms. The third kappa shape index (κ3) is 4.35. The maximum absolute atomic E-state index is 4.46. The Labute approximate surface area is 171 Å². The number of fused-ring (bicyclic) bond motifs is 1. The molecule has 0 saturated carbocycles. The third-order valence-corrected chi connectivity index (χ3v) is 4.64. The fraction of sp³-hybridized carbons (Fsp3) is 0.300. The Morgan fingerprint density at radius 1 is 1.04 bits per heavy atom. The molecule has 6 heteroatoms. The molecule has 0 radical (unpaired) electrons. The molecule has 0 atom stereocenters. The zero-order valence-corrected chi connectivity index (χ0v) is 18.0. The van der Waals surface area contributed by atoms with Crippen molar-refractivity contribution in [3.05, 3.63) is 65.0 Å². The van der Waals surface area contributed by atoms with Crippen molar-refractivity contribution in [2.75, 3.05) is 7.05 Å². The fourth-order valence-electron chi connectivity index (χ4n) is 3.09. The summed E-state index contributed by atoms with van der Waals surface area (Å²) in [6.07, 6.45) is 0. The molecule has 3 aromatic rings. The van der Waals surface area contributed by atoms with Crippen LogP contribution in [0.1, 0.15) is 22.5 Å². The molecule has 1 aromatic heterocycles. The van der Waals surface area contributed by atoms with Crippen LogP contribution in [0.2, 0.25) is 0 Å². The molecule has 2 aromatic carbocycles. The number of guanidine groups is 1. The number of hydrogen-bond acceptors (Lipinski definition) is 2. The first-order valence-corrected chi connectivity index (χ1v) is 8.50. The highest BCUT2D eigenvalue weighted by molar-refractivity contribution is 14.0. The van der Waals surface area contributed by atoms with E-state index in [9.17, 15) is 0 Å². The molecule has 0 bridgehead atoms. The average molecular weight is 463 g/mol. The van der Waals surface area contributed by atoms with E-state index in [0.29, 0.717) is 6.54 Å². The summed E-state index contributed by atoms with van der Waals surface area (Å²) in [6, 6.07) is 14.8. The van der Waals surface area contributed by atoms with E-state index in [2.05, 4.69) is 70.1 Å². The Kier molecular flexibility index (Phi) is 7.02.